The fourth-order valence-corrected chi connectivity index (χ4v) is 3.98. The minimum Gasteiger partial charge on any atom is -0.491 e. The van der Waals surface area contributed by atoms with Gasteiger partial charge in [0.15, 0.2) is 0 Å². The second kappa shape index (κ2) is 6.59. The average molecular weight is 303 g/mol. The molecule has 3 heteroatoms. The van der Waals surface area contributed by atoms with E-state index < -0.39 is 0 Å². The van der Waals surface area contributed by atoms with E-state index in [1.54, 1.807) is 0 Å². The maximum absolute atomic E-state index is 5.88. The van der Waals surface area contributed by atoms with Gasteiger partial charge in [-0.25, -0.2) is 0 Å². The topological polar surface area (TPSA) is 21.7 Å². The van der Waals surface area contributed by atoms with Crippen LogP contribution in [0.4, 0.5) is 0 Å². The maximum atomic E-state index is 5.88. The van der Waals surface area contributed by atoms with Gasteiger partial charge in [0.1, 0.15) is 12.4 Å². The number of rotatable bonds is 6. The Hall–Kier alpha value is -1.06. The van der Waals surface area contributed by atoms with Crippen LogP contribution in [-0.2, 0) is 4.74 Å². The van der Waals surface area contributed by atoms with Gasteiger partial charge in [0.25, 0.3) is 0 Å². The Labute approximate surface area is 134 Å². The van der Waals surface area contributed by atoms with Gasteiger partial charge in [-0.1, -0.05) is 6.07 Å². The molecule has 0 bridgehead atoms. The summed E-state index contributed by atoms with van der Waals surface area (Å²) in [6.45, 7) is 10.1. The second-order valence-corrected chi connectivity index (χ2v) is 7.16. The van der Waals surface area contributed by atoms with E-state index in [-0.39, 0.29) is 0 Å². The monoisotopic (exact) mass is 303 g/mol. The summed E-state index contributed by atoms with van der Waals surface area (Å²) in [5, 5.41) is 0. The van der Waals surface area contributed by atoms with Crippen LogP contribution in [0.15, 0.2) is 18.2 Å². The van der Waals surface area contributed by atoms with Crippen molar-refractivity contribution in [1.29, 1.82) is 0 Å². The zero-order valence-corrected chi connectivity index (χ0v) is 14.2. The van der Waals surface area contributed by atoms with Crippen molar-refractivity contribution in [3.8, 4) is 5.75 Å². The molecule has 2 aliphatic heterocycles. The quantitative estimate of drug-likeness (QED) is 0.748. The second-order valence-electron chi connectivity index (χ2n) is 7.16. The number of aryl methyl sites for hydroxylation is 2. The highest BCUT2D eigenvalue weighted by atomic mass is 16.5. The molecular weight excluding hydrogens is 274 g/mol. The molecule has 0 amide bonds. The molecule has 3 rings (SSSR count). The van der Waals surface area contributed by atoms with Crippen LogP contribution in [0.5, 0.6) is 5.75 Å². The number of nitrogens with zero attached hydrogens (tertiary/aromatic N) is 1. The summed E-state index contributed by atoms with van der Waals surface area (Å²) in [4.78, 5) is 2.68. The van der Waals surface area contributed by atoms with Gasteiger partial charge in [-0.05, 0) is 76.3 Å². The van der Waals surface area contributed by atoms with E-state index in [0.717, 1.165) is 12.4 Å². The van der Waals surface area contributed by atoms with Crippen molar-refractivity contribution in [2.45, 2.75) is 58.0 Å². The Kier molecular flexibility index (Phi) is 4.74. The molecule has 0 saturated carbocycles. The number of hydrogen-bond donors (Lipinski definition) is 0. The summed E-state index contributed by atoms with van der Waals surface area (Å²) in [7, 11) is 0. The largest absolute Gasteiger partial charge is 0.491 e. The lowest BCUT2D eigenvalue weighted by atomic mass is 9.97. The van der Waals surface area contributed by atoms with Crippen LogP contribution in [0.25, 0.3) is 0 Å². The highest BCUT2D eigenvalue weighted by Crippen LogP contribution is 2.41. The van der Waals surface area contributed by atoms with Crippen LogP contribution in [0.1, 0.15) is 43.7 Å². The van der Waals surface area contributed by atoms with Crippen molar-refractivity contribution < 1.29 is 9.47 Å². The van der Waals surface area contributed by atoms with E-state index in [9.17, 15) is 0 Å². The summed E-state index contributed by atoms with van der Waals surface area (Å²) < 4.78 is 11.7. The Morgan fingerprint density at radius 3 is 2.86 bits per heavy atom. The third-order valence-electron chi connectivity index (χ3n) is 5.55. The van der Waals surface area contributed by atoms with Gasteiger partial charge >= 0.3 is 0 Å². The number of ether oxygens (including phenoxy) is 2. The van der Waals surface area contributed by atoms with Crippen molar-refractivity contribution in [1.82, 2.24) is 4.90 Å². The average Bonchev–Trinajstić information content (AvgIpc) is 3.00. The predicted octanol–water partition coefficient (Wildman–Crippen LogP) is 3.72. The van der Waals surface area contributed by atoms with Gasteiger partial charge in [-0.15, -0.1) is 0 Å². The van der Waals surface area contributed by atoms with Crippen LogP contribution >= 0.6 is 0 Å². The lowest BCUT2D eigenvalue weighted by Gasteiger charge is -2.31. The fourth-order valence-electron chi connectivity index (χ4n) is 3.98. The SMILES string of the molecule is Cc1ccc(OCCOCC2CC[C@]3(C)CCCN23)cc1C. The van der Waals surface area contributed by atoms with Gasteiger partial charge in [0.05, 0.1) is 13.2 Å². The van der Waals surface area contributed by atoms with E-state index in [1.165, 1.54) is 43.4 Å². The first-order chi connectivity index (χ1) is 10.6. The van der Waals surface area contributed by atoms with Crippen LogP contribution in [0, 0.1) is 13.8 Å². The molecule has 3 nitrogen and oxygen atoms in total. The van der Waals surface area contributed by atoms with E-state index in [0.29, 0.717) is 24.8 Å². The summed E-state index contributed by atoms with van der Waals surface area (Å²) in [6, 6.07) is 6.86. The molecule has 1 unspecified atom stereocenters. The molecule has 2 fully saturated rings. The van der Waals surface area contributed by atoms with Crippen LogP contribution < -0.4 is 4.74 Å². The zero-order valence-electron chi connectivity index (χ0n) is 14.2. The number of benzene rings is 1. The van der Waals surface area contributed by atoms with E-state index in [1.807, 2.05) is 6.07 Å². The summed E-state index contributed by atoms with van der Waals surface area (Å²) >= 11 is 0. The Balaban J connectivity index is 1.37. The molecule has 0 aromatic heterocycles. The normalized spacial score (nSPS) is 28.0. The molecule has 122 valence electrons. The first-order valence-electron chi connectivity index (χ1n) is 8.63. The molecule has 0 aliphatic carbocycles. The fraction of sp³-hybridized carbons (Fsp3) is 0.684. The maximum Gasteiger partial charge on any atom is 0.119 e. The van der Waals surface area contributed by atoms with Crippen LogP contribution in [-0.4, -0.2) is 42.8 Å². The molecule has 1 aromatic carbocycles. The zero-order chi connectivity index (χ0) is 15.6. The standard InChI is InChI=1S/C19H29NO2/c1-15-5-6-18(13-16(15)2)22-12-11-21-14-17-7-9-19(3)8-4-10-20(17)19/h5-6,13,17H,4,7-12,14H2,1-3H3/t17?,19-/m0/s1. The lowest BCUT2D eigenvalue weighted by molar-refractivity contribution is 0.0454. The van der Waals surface area contributed by atoms with Crippen molar-refractivity contribution in [2.24, 2.45) is 0 Å². The number of fused-ring (bicyclic) bond motifs is 1. The van der Waals surface area contributed by atoms with Gasteiger partial charge in [-0.2, -0.15) is 0 Å². The molecule has 0 spiro atoms. The number of hydrogen-bond acceptors (Lipinski definition) is 3. The highest BCUT2D eigenvalue weighted by molar-refractivity contribution is 5.33. The molecule has 2 atom stereocenters. The smallest absolute Gasteiger partial charge is 0.119 e. The third kappa shape index (κ3) is 3.31. The van der Waals surface area contributed by atoms with E-state index in [2.05, 4.69) is 37.8 Å². The van der Waals surface area contributed by atoms with Gasteiger partial charge in [0.2, 0.25) is 0 Å². The van der Waals surface area contributed by atoms with Crippen LogP contribution in [0.3, 0.4) is 0 Å². The molecule has 22 heavy (non-hydrogen) atoms. The summed E-state index contributed by atoms with van der Waals surface area (Å²) in [6.07, 6.45) is 5.33. The summed E-state index contributed by atoms with van der Waals surface area (Å²) in [5.74, 6) is 0.944. The van der Waals surface area contributed by atoms with Crippen LogP contribution in [0.2, 0.25) is 0 Å². The first kappa shape index (κ1) is 15.8. The molecule has 0 radical (unpaired) electrons. The molecule has 2 heterocycles. The van der Waals surface area contributed by atoms with Crippen molar-refractivity contribution >= 4 is 0 Å². The van der Waals surface area contributed by atoms with Gasteiger partial charge < -0.3 is 9.47 Å². The highest BCUT2D eigenvalue weighted by Gasteiger charge is 2.45. The first-order valence-corrected chi connectivity index (χ1v) is 8.63. The van der Waals surface area contributed by atoms with Crippen molar-refractivity contribution in [3.05, 3.63) is 29.3 Å². The minimum absolute atomic E-state index is 0.462. The lowest BCUT2D eigenvalue weighted by Crippen LogP contribution is -2.41. The molecular formula is C19H29NO2. The molecule has 0 N–H and O–H groups in total. The van der Waals surface area contributed by atoms with E-state index in [4.69, 9.17) is 9.47 Å². The Morgan fingerprint density at radius 2 is 2.05 bits per heavy atom. The van der Waals surface area contributed by atoms with Crippen molar-refractivity contribution in [2.75, 3.05) is 26.4 Å². The molecule has 2 saturated heterocycles. The van der Waals surface area contributed by atoms with Crippen molar-refractivity contribution in [3.63, 3.8) is 0 Å². The molecule has 2 aliphatic rings. The summed E-state index contributed by atoms with van der Waals surface area (Å²) in [5.41, 5.74) is 3.04. The molecule has 1 aromatic rings. The van der Waals surface area contributed by atoms with Gasteiger partial charge in [-0.3, -0.25) is 4.90 Å². The third-order valence-corrected chi connectivity index (χ3v) is 5.55. The predicted molar refractivity (Wildman–Crippen MR) is 89.6 cm³/mol. The minimum atomic E-state index is 0.462. The van der Waals surface area contributed by atoms with E-state index >= 15 is 0 Å². The van der Waals surface area contributed by atoms with Gasteiger partial charge in [0, 0.05) is 11.6 Å². The Morgan fingerprint density at radius 1 is 1.18 bits per heavy atom. The Bertz CT molecular complexity index is 516.